The molecule has 0 spiro atoms. The third-order valence-electron chi connectivity index (χ3n) is 5.84. The highest BCUT2D eigenvalue weighted by atomic mass is 32.2. The first-order valence-corrected chi connectivity index (χ1v) is 12.0. The van der Waals surface area contributed by atoms with Crippen molar-refractivity contribution in [3.63, 3.8) is 0 Å². The summed E-state index contributed by atoms with van der Waals surface area (Å²) in [6.07, 6.45) is -0.144. The van der Waals surface area contributed by atoms with Gasteiger partial charge < -0.3 is 28.9 Å². The Bertz CT molecular complexity index is 1350. The van der Waals surface area contributed by atoms with Crippen LogP contribution in [0.15, 0.2) is 70.7 Å². The number of phenols is 1. The fourth-order valence-corrected chi connectivity index (χ4v) is 5.33. The smallest absolute Gasteiger partial charge is 0.223 e. The molecule has 1 heterocycles. The van der Waals surface area contributed by atoms with E-state index in [0.717, 1.165) is 0 Å². The summed E-state index contributed by atoms with van der Waals surface area (Å²) < 4.78 is 48.3. The van der Waals surface area contributed by atoms with E-state index in [9.17, 15) is 13.5 Å². The van der Waals surface area contributed by atoms with Crippen LogP contribution in [0.1, 0.15) is 17.5 Å². The standard InChI is InChI=1S/C25H25NO8S/c1-30-20-11-10-16(12-19(20)27)25(17-13-21(31-2)24(33-4)22(14-17)32-3)15-23(26-34-25)35(28,29)18-8-6-5-7-9-18/h5-14,27H,15H2,1-4H3. The molecule has 10 heteroatoms. The first-order chi connectivity index (χ1) is 16.8. The zero-order chi connectivity index (χ0) is 25.2. The Morgan fingerprint density at radius 3 is 2.00 bits per heavy atom. The summed E-state index contributed by atoms with van der Waals surface area (Å²) in [5, 5.41) is 14.4. The number of aromatic hydroxyl groups is 1. The van der Waals surface area contributed by atoms with Crippen molar-refractivity contribution >= 4 is 14.9 Å². The second-order valence-electron chi connectivity index (χ2n) is 7.70. The molecule has 0 saturated heterocycles. The van der Waals surface area contributed by atoms with Gasteiger partial charge in [-0.3, -0.25) is 0 Å². The molecule has 3 aromatic rings. The maximum atomic E-state index is 13.3. The molecule has 0 aromatic heterocycles. The first kappa shape index (κ1) is 24.2. The number of benzene rings is 3. The van der Waals surface area contributed by atoms with E-state index in [2.05, 4.69) is 5.16 Å². The topological polar surface area (TPSA) is 113 Å². The molecule has 1 unspecified atom stereocenters. The molecular formula is C25H25NO8S. The molecule has 35 heavy (non-hydrogen) atoms. The van der Waals surface area contributed by atoms with Gasteiger partial charge in [-0.15, -0.1) is 0 Å². The zero-order valence-electron chi connectivity index (χ0n) is 19.6. The van der Waals surface area contributed by atoms with Crippen molar-refractivity contribution in [1.29, 1.82) is 0 Å². The van der Waals surface area contributed by atoms with Gasteiger partial charge in [0, 0.05) is 11.1 Å². The molecule has 0 fully saturated rings. The van der Waals surface area contributed by atoms with Crippen LogP contribution >= 0.6 is 0 Å². The molecule has 0 bridgehead atoms. The fraction of sp³-hybridized carbons (Fsp3) is 0.240. The Morgan fingerprint density at radius 2 is 1.46 bits per heavy atom. The number of sulfone groups is 1. The van der Waals surface area contributed by atoms with E-state index in [1.54, 1.807) is 42.5 Å². The third-order valence-corrected chi connectivity index (χ3v) is 7.58. The van der Waals surface area contributed by atoms with Crippen molar-refractivity contribution in [3.05, 3.63) is 71.8 Å². The lowest BCUT2D eigenvalue weighted by atomic mass is 9.83. The molecule has 1 aliphatic heterocycles. The maximum Gasteiger partial charge on any atom is 0.223 e. The van der Waals surface area contributed by atoms with Gasteiger partial charge in [-0.25, -0.2) is 8.42 Å². The van der Waals surface area contributed by atoms with Crippen LogP contribution in [0.3, 0.4) is 0 Å². The number of phenolic OH excluding ortho intramolecular Hbond substituents is 1. The van der Waals surface area contributed by atoms with Crippen LogP contribution in [0.25, 0.3) is 0 Å². The van der Waals surface area contributed by atoms with Crippen molar-refractivity contribution in [1.82, 2.24) is 0 Å². The van der Waals surface area contributed by atoms with Crippen molar-refractivity contribution in [2.45, 2.75) is 16.9 Å². The molecular weight excluding hydrogens is 474 g/mol. The quantitative estimate of drug-likeness (QED) is 0.521. The summed E-state index contributed by atoms with van der Waals surface area (Å²) in [5.41, 5.74) is -0.487. The summed E-state index contributed by atoms with van der Waals surface area (Å²) in [4.78, 5) is 6.04. The van der Waals surface area contributed by atoms with Crippen LogP contribution in [0, 0.1) is 0 Å². The number of nitrogens with zero attached hydrogens (tertiary/aromatic N) is 1. The van der Waals surface area contributed by atoms with Crippen molar-refractivity contribution < 1.29 is 37.3 Å². The second-order valence-corrected chi connectivity index (χ2v) is 9.65. The van der Waals surface area contributed by atoms with Gasteiger partial charge in [0.05, 0.1) is 39.8 Å². The molecule has 0 radical (unpaired) electrons. The zero-order valence-corrected chi connectivity index (χ0v) is 20.5. The van der Waals surface area contributed by atoms with Gasteiger partial charge >= 0.3 is 0 Å². The van der Waals surface area contributed by atoms with Gasteiger partial charge in [0.2, 0.25) is 15.6 Å². The highest BCUT2D eigenvalue weighted by Gasteiger charge is 2.48. The molecule has 3 aromatic carbocycles. The maximum absolute atomic E-state index is 13.3. The lowest BCUT2D eigenvalue weighted by Crippen LogP contribution is -2.29. The molecule has 0 saturated carbocycles. The highest BCUT2D eigenvalue weighted by molar-refractivity contribution is 8.06. The summed E-state index contributed by atoms with van der Waals surface area (Å²) >= 11 is 0. The summed E-state index contributed by atoms with van der Waals surface area (Å²) in [5.74, 6) is 1.18. The average molecular weight is 500 g/mol. The number of hydrogen-bond donors (Lipinski definition) is 1. The van der Waals surface area contributed by atoms with E-state index >= 15 is 0 Å². The monoisotopic (exact) mass is 499 g/mol. The van der Waals surface area contributed by atoms with E-state index in [1.807, 2.05) is 0 Å². The molecule has 4 rings (SSSR count). The van der Waals surface area contributed by atoms with Gasteiger partial charge in [0.25, 0.3) is 0 Å². The van der Waals surface area contributed by atoms with E-state index in [4.69, 9.17) is 23.8 Å². The largest absolute Gasteiger partial charge is 0.504 e. The first-order valence-electron chi connectivity index (χ1n) is 10.5. The fourth-order valence-electron chi connectivity index (χ4n) is 4.02. The Kier molecular flexibility index (Phi) is 6.49. The normalized spacial score (nSPS) is 17.3. The summed E-state index contributed by atoms with van der Waals surface area (Å²) in [7, 11) is 1.93. The Hall–Kier alpha value is -3.92. The molecule has 1 N–H and O–H groups in total. The summed E-state index contributed by atoms with van der Waals surface area (Å²) in [6.45, 7) is 0. The molecule has 0 amide bonds. The van der Waals surface area contributed by atoms with Crippen LogP contribution < -0.4 is 18.9 Å². The van der Waals surface area contributed by atoms with Crippen LogP contribution in [0.2, 0.25) is 0 Å². The van der Waals surface area contributed by atoms with E-state index < -0.39 is 15.4 Å². The van der Waals surface area contributed by atoms with E-state index in [0.29, 0.717) is 28.4 Å². The van der Waals surface area contributed by atoms with E-state index in [1.165, 1.54) is 46.6 Å². The lowest BCUT2D eigenvalue weighted by molar-refractivity contribution is 0.0107. The predicted octanol–water partition coefficient (Wildman–Crippen LogP) is 3.88. The minimum absolute atomic E-state index is 0.0978. The van der Waals surface area contributed by atoms with Gasteiger partial charge in [0.1, 0.15) is 0 Å². The van der Waals surface area contributed by atoms with Crippen LogP contribution in [-0.4, -0.2) is 47.0 Å². The minimum atomic E-state index is -3.94. The van der Waals surface area contributed by atoms with Crippen molar-refractivity contribution in [2.24, 2.45) is 5.16 Å². The molecule has 9 nitrogen and oxygen atoms in total. The third kappa shape index (κ3) is 4.10. The lowest BCUT2D eigenvalue weighted by Gasteiger charge is -2.29. The van der Waals surface area contributed by atoms with Gasteiger partial charge in [-0.05, 0) is 36.4 Å². The number of ether oxygens (including phenoxy) is 4. The van der Waals surface area contributed by atoms with Crippen molar-refractivity contribution in [2.75, 3.05) is 28.4 Å². The molecule has 0 aliphatic carbocycles. The number of oxime groups is 1. The van der Waals surface area contributed by atoms with Gasteiger partial charge in [-0.2, -0.15) is 0 Å². The molecule has 184 valence electrons. The minimum Gasteiger partial charge on any atom is -0.504 e. The average Bonchev–Trinajstić information content (AvgIpc) is 3.36. The second kappa shape index (κ2) is 9.38. The predicted molar refractivity (Wildman–Crippen MR) is 128 cm³/mol. The van der Waals surface area contributed by atoms with E-state index in [-0.39, 0.29) is 27.9 Å². The highest BCUT2D eigenvalue weighted by Crippen LogP contribution is 2.49. The Labute approximate surface area is 203 Å². The van der Waals surface area contributed by atoms with Crippen LogP contribution in [0.5, 0.6) is 28.7 Å². The van der Waals surface area contributed by atoms with Gasteiger partial charge in [-0.1, -0.05) is 29.4 Å². The summed E-state index contributed by atoms with van der Waals surface area (Å²) in [6, 6.07) is 16.0. The number of methoxy groups -OCH3 is 4. The van der Waals surface area contributed by atoms with Crippen LogP contribution in [0.4, 0.5) is 0 Å². The Morgan fingerprint density at radius 1 is 0.829 bits per heavy atom. The molecule has 1 aliphatic rings. The number of hydrogen-bond acceptors (Lipinski definition) is 9. The number of rotatable bonds is 7. The SMILES string of the molecule is COc1ccc(C2(c3cc(OC)c(OC)c(OC)c3)CC(S(=O)(=O)c3ccccc3)=NO2)cc1O. The molecule has 1 atom stereocenters. The van der Waals surface area contributed by atoms with Gasteiger partial charge in [0.15, 0.2) is 33.6 Å². The van der Waals surface area contributed by atoms with Crippen molar-refractivity contribution in [3.8, 4) is 28.7 Å². The van der Waals surface area contributed by atoms with Crippen LogP contribution in [-0.2, 0) is 20.3 Å². The Balaban J connectivity index is 1.90.